The quantitative estimate of drug-likeness (QED) is 0.318. The van der Waals surface area contributed by atoms with Gasteiger partial charge < -0.3 is 14.4 Å². The van der Waals surface area contributed by atoms with Gasteiger partial charge in [-0.15, -0.1) is 0 Å². The second kappa shape index (κ2) is 11.5. The number of hydrogen-bond donors (Lipinski definition) is 0. The molecule has 0 unspecified atom stereocenters. The van der Waals surface area contributed by atoms with Crippen LogP contribution in [0.4, 0.5) is 5.95 Å². The van der Waals surface area contributed by atoms with E-state index in [4.69, 9.17) is 14.5 Å². The molecular weight excluding hydrogens is 500 g/mol. The molecule has 0 radical (unpaired) electrons. The van der Waals surface area contributed by atoms with E-state index in [2.05, 4.69) is 75.4 Å². The SMILES string of the molecule is COc1ccc([C@H]2CC(=O)c3cnc(N4CCN(C(c5ccccc5)c5ccccc5)CC4)nc3C2)cc1OC. The molecule has 1 aromatic heterocycles. The van der Waals surface area contributed by atoms with Gasteiger partial charge in [0, 0.05) is 38.8 Å². The van der Waals surface area contributed by atoms with Crippen molar-refractivity contribution in [1.82, 2.24) is 14.9 Å². The van der Waals surface area contributed by atoms with Crippen LogP contribution in [0, 0.1) is 0 Å². The number of fused-ring (bicyclic) bond motifs is 1. The summed E-state index contributed by atoms with van der Waals surface area (Å²) in [4.78, 5) is 27.4. The molecule has 204 valence electrons. The normalized spacial score (nSPS) is 17.5. The van der Waals surface area contributed by atoms with Gasteiger partial charge in [-0.05, 0) is 41.2 Å². The van der Waals surface area contributed by atoms with Crippen molar-refractivity contribution in [2.75, 3.05) is 45.3 Å². The Hall–Kier alpha value is -4.23. The molecular formula is C33H34N4O3. The molecule has 1 aliphatic heterocycles. The summed E-state index contributed by atoms with van der Waals surface area (Å²) >= 11 is 0. The number of anilines is 1. The minimum absolute atomic E-state index is 0.0388. The first kappa shape index (κ1) is 26.0. The third-order valence-corrected chi connectivity index (χ3v) is 8.10. The fraction of sp³-hybridized carbons (Fsp3) is 0.303. The number of ketones is 1. The van der Waals surface area contributed by atoms with Crippen LogP contribution >= 0.6 is 0 Å². The lowest BCUT2D eigenvalue weighted by atomic mass is 9.82. The molecule has 0 spiro atoms. The van der Waals surface area contributed by atoms with Gasteiger partial charge in [-0.2, -0.15) is 0 Å². The molecule has 1 atom stereocenters. The minimum Gasteiger partial charge on any atom is -0.493 e. The molecule has 1 fully saturated rings. The lowest BCUT2D eigenvalue weighted by Gasteiger charge is -2.40. The first-order valence-electron chi connectivity index (χ1n) is 13.8. The number of rotatable bonds is 7. The summed E-state index contributed by atoms with van der Waals surface area (Å²) in [6.45, 7) is 3.42. The van der Waals surface area contributed by atoms with Crippen LogP contribution in [0.1, 0.15) is 51.1 Å². The van der Waals surface area contributed by atoms with E-state index in [0.29, 0.717) is 35.9 Å². The molecule has 40 heavy (non-hydrogen) atoms. The average molecular weight is 535 g/mol. The van der Waals surface area contributed by atoms with E-state index < -0.39 is 0 Å². The molecule has 3 aromatic carbocycles. The molecule has 1 aliphatic carbocycles. The van der Waals surface area contributed by atoms with Gasteiger partial charge in [0.1, 0.15) is 0 Å². The van der Waals surface area contributed by atoms with Crippen molar-refractivity contribution in [2.24, 2.45) is 0 Å². The lowest BCUT2D eigenvalue weighted by molar-refractivity contribution is 0.0962. The van der Waals surface area contributed by atoms with E-state index >= 15 is 0 Å². The van der Waals surface area contributed by atoms with Crippen LogP contribution < -0.4 is 14.4 Å². The number of aromatic nitrogens is 2. The van der Waals surface area contributed by atoms with Crippen LogP contribution in [0.3, 0.4) is 0 Å². The van der Waals surface area contributed by atoms with E-state index in [9.17, 15) is 4.79 Å². The largest absolute Gasteiger partial charge is 0.493 e. The first-order chi connectivity index (χ1) is 19.6. The summed E-state index contributed by atoms with van der Waals surface area (Å²) in [5.74, 6) is 2.18. The smallest absolute Gasteiger partial charge is 0.225 e. The highest BCUT2D eigenvalue weighted by Crippen LogP contribution is 2.37. The van der Waals surface area contributed by atoms with Crippen molar-refractivity contribution in [3.05, 3.63) is 113 Å². The molecule has 7 heteroatoms. The van der Waals surface area contributed by atoms with E-state index in [1.165, 1.54) is 11.1 Å². The second-order valence-corrected chi connectivity index (χ2v) is 10.4. The molecule has 2 heterocycles. The van der Waals surface area contributed by atoms with Gasteiger partial charge in [0.2, 0.25) is 5.95 Å². The maximum absolute atomic E-state index is 13.1. The Balaban J connectivity index is 1.19. The monoisotopic (exact) mass is 534 g/mol. The maximum atomic E-state index is 13.1. The number of Topliss-reactive ketones (excluding diaryl/α,β-unsaturated/α-hetero) is 1. The third-order valence-electron chi connectivity index (χ3n) is 8.10. The molecule has 4 aromatic rings. The fourth-order valence-electron chi connectivity index (χ4n) is 5.99. The number of benzene rings is 3. The van der Waals surface area contributed by atoms with Crippen LogP contribution in [-0.4, -0.2) is 61.0 Å². The van der Waals surface area contributed by atoms with E-state index in [0.717, 1.165) is 37.4 Å². The number of nitrogens with zero attached hydrogens (tertiary/aromatic N) is 4. The summed E-state index contributed by atoms with van der Waals surface area (Å²) in [5, 5.41) is 0. The first-order valence-corrected chi connectivity index (χ1v) is 13.8. The van der Waals surface area contributed by atoms with Crippen LogP contribution in [-0.2, 0) is 6.42 Å². The van der Waals surface area contributed by atoms with E-state index in [-0.39, 0.29) is 17.7 Å². The van der Waals surface area contributed by atoms with Gasteiger partial charge in [-0.25, -0.2) is 9.97 Å². The van der Waals surface area contributed by atoms with Crippen molar-refractivity contribution >= 4 is 11.7 Å². The van der Waals surface area contributed by atoms with Gasteiger partial charge in [0.15, 0.2) is 17.3 Å². The number of methoxy groups -OCH3 is 2. The van der Waals surface area contributed by atoms with Crippen LogP contribution in [0.2, 0.25) is 0 Å². The van der Waals surface area contributed by atoms with Crippen molar-refractivity contribution in [3.8, 4) is 11.5 Å². The predicted molar refractivity (Wildman–Crippen MR) is 155 cm³/mol. The third kappa shape index (κ3) is 5.17. The number of hydrogen-bond acceptors (Lipinski definition) is 7. The standard InChI is InChI=1S/C33H34N4O3/c1-39-30-14-13-25(21-31(30)40-2)26-19-28-27(29(38)20-26)22-34-33(35-28)37-17-15-36(16-18-37)32(23-9-5-3-6-10-23)24-11-7-4-8-12-24/h3-14,21-22,26,32H,15-20H2,1-2H3/t26-/m1/s1. The van der Waals surface area contributed by atoms with Crippen molar-refractivity contribution in [1.29, 1.82) is 0 Å². The van der Waals surface area contributed by atoms with Crippen molar-refractivity contribution in [3.63, 3.8) is 0 Å². The summed E-state index contributed by atoms with van der Waals surface area (Å²) in [6.07, 6.45) is 2.86. The Morgan fingerprint density at radius 1 is 0.800 bits per heavy atom. The average Bonchev–Trinajstić information content (AvgIpc) is 3.02. The number of carbonyl (C=O) groups excluding carboxylic acids is 1. The molecule has 0 saturated carbocycles. The van der Waals surface area contributed by atoms with Gasteiger partial charge in [-0.1, -0.05) is 66.7 Å². The molecule has 0 bridgehead atoms. The van der Waals surface area contributed by atoms with Crippen molar-refractivity contribution in [2.45, 2.75) is 24.8 Å². The number of piperazine rings is 1. The number of carbonyl (C=O) groups is 1. The molecule has 7 nitrogen and oxygen atoms in total. The summed E-state index contributed by atoms with van der Waals surface area (Å²) in [5.41, 5.74) is 5.12. The maximum Gasteiger partial charge on any atom is 0.225 e. The zero-order chi connectivity index (χ0) is 27.5. The molecule has 0 amide bonds. The Morgan fingerprint density at radius 2 is 1.45 bits per heavy atom. The molecule has 6 rings (SSSR count). The lowest BCUT2D eigenvalue weighted by Crippen LogP contribution is -2.48. The minimum atomic E-state index is 0.0388. The second-order valence-electron chi connectivity index (χ2n) is 10.4. The highest BCUT2D eigenvalue weighted by molar-refractivity contribution is 5.98. The fourth-order valence-corrected chi connectivity index (χ4v) is 5.99. The van der Waals surface area contributed by atoms with Crippen LogP contribution in [0.25, 0.3) is 0 Å². The molecule has 2 aliphatic rings. The highest BCUT2D eigenvalue weighted by Gasteiger charge is 2.31. The predicted octanol–water partition coefficient (Wildman–Crippen LogP) is 5.32. The van der Waals surface area contributed by atoms with Crippen molar-refractivity contribution < 1.29 is 14.3 Å². The molecule has 1 saturated heterocycles. The Kier molecular flexibility index (Phi) is 7.47. The van der Waals surface area contributed by atoms with Gasteiger partial charge in [0.25, 0.3) is 0 Å². The zero-order valence-electron chi connectivity index (χ0n) is 23.0. The van der Waals surface area contributed by atoms with E-state index in [1.807, 2.05) is 18.2 Å². The Labute approximate surface area is 235 Å². The zero-order valence-corrected chi connectivity index (χ0v) is 23.0. The highest BCUT2D eigenvalue weighted by atomic mass is 16.5. The van der Waals surface area contributed by atoms with E-state index in [1.54, 1.807) is 20.4 Å². The summed E-state index contributed by atoms with van der Waals surface area (Å²) in [6, 6.07) is 27.5. The van der Waals surface area contributed by atoms with Crippen LogP contribution in [0.15, 0.2) is 85.1 Å². The van der Waals surface area contributed by atoms with Gasteiger partial charge >= 0.3 is 0 Å². The van der Waals surface area contributed by atoms with Crippen LogP contribution in [0.5, 0.6) is 11.5 Å². The number of ether oxygens (including phenoxy) is 2. The van der Waals surface area contributed by atoms with Gasteiger partial charge in [0.05, 0.1) is 31.5 Å². The topological polar surface area (TPSA) is 67.8 Å². The Morgan fingerprint density at radius 3 is 2.08 bits per heavy atom. The Bertz CT molecular complexity index is 1430. The molecule has 0 N–H and O–H groups in total. The van der Waals surface area contributed by atoms with Gasteiger partial charge in [-0.3, -0.25) is 9.69 Å². The summed E-state index contributed by atoms with van der Waals surface area (Å²) in [7, 11) is 3.25. The summed E-state index contributed by atoms with van der Waals surface area (Å²) < 4.78 is 10.9.